The lowest BCUT2D eigenvalue weighted by Crippen LogP contribution is -2.36. The Labute approximate surface area is 189 Å². The van der Waals surface area contributed by atoms with E-state index in [-0.39, 0.29) is 23.0 Å². The van der Waals surface area contributed by atoms with Crippen molar-refractivity contribution in [1.29, 1.82) is 0 Å². The van der Waals surface area contributed by atoms with Gasteiger partial charge in [-0.2, -0.15) is 4.31 Å². The van der Waals surface area contributed by atoms with E-state index in [0.717, 1.165) is 33.8 Å². The van der Waals surface area contributed by atoms with Crippen LogP contribution < -0.4 is 5.32 Å². The van der Waals surface area contributed by atoms with Gasteiger partial charge in [-0.05, 0) is 48.4 Å². The quantitative estimate of drug-likeness (QED) is 0.460. The Hall–Kier alpha value is -3.07. The van der Waals surface area contributed by atoms with E-state index in [4.69, 9.17) is 11.6 Å². The number of para-hydroxylation sites is 1. The Morgan fingerprint density at radius 2 is 1.91 bits per heavy atom. The van der Waals surface area contributed by atoms with Crippen LogP contribution in [0.3, 0.4) is 0 Å². The summed E-state index contributed by atoms with van der Waals surface area (Å²) in [5.41, 5.74) is 3.45. The number of sulfonamides is 1. The first-order valence-electron chi connectivity index (χ1n) is 9.95. The summed E-state index contributed by atoms with van der Waals surface area (Å²) in [6.45, 7) is 0.348. The van der Waals surface area contributed by atoms with Crippen LogP contribution in [-0.4, -0.2) is 29.2 Å². The van der Waals surface area contributed by atoms with E-state index in [1.807, 2.05) is 30.3 Å². The van der Waals surface area contributed by atoms with E-state index in [1.165, 1.54) is 16.4 Å². The third kappa shape index (κ3) is 3.81. The number of halogens is 2. The molecule has 0 spiro atoms. The lowest BCUT2D eigenvalue weighted by atomic mass is 10.0. The molecule has 0 bridgehead atoms. The predicted octanol–water partition coefficient (Wildman–Crippen LogP) is 4.91. The van der Waals surface area contributed by atoms with Crippen molar-refractivity contribution in [2.45, 2.75) is 17.9 Å². The Kier molecular flexibility index (Phi) is 5.28. The number of rotatable bonds is 4. The maximum absolute atomic E-state index is 14.3. The van der Waals surface area contributed by atoms with Crippen LogP contribution in [0.5, 0.6) is 0 Å². The van der Waals surface area contributed by atoms with Gasteiger partial charge in [0.05, 0.1) is 17.4 Å². The van der Waals surface area contributed by atoms with E-state index >= 15 is 0 Å². The zero-order valence-corrected chi connectivity index (χ0v) is 18.4. The number of fused-ring (bicyclic) bond motifs is 2. The molecule has 1 aliphatic rings. The van der Waals surface area contributed by atoms with Crippen molar-refractivity contribution in [1.82, 2.24) is 14.3 Å². The van der Waals surface area contributed by atoms with Gasteiger partial charge in [-0.3, -0.25) is 4.98 Å². The smallest absolute Gasteiger partial charge is 0.246 e. The number of nitrogens with one attached hydrogen (secondary N) is 1. The molecule has 0 amide bonds. The predicted molar refractivity (Wildman–Crippen MR) is 122 cm³/mol. The lowest BCUT2D eigenvalue weighted by Gasteiger charge is -2.29. The number of aromatic nitrogens is 2. The fourth-order valence-corrected chi connectivity index (χ4v) is 5.50. The molecule has 6 nitrogen and oxygen atoms in total. The molecule has 0 atom stereocenters. The highest BCUT2D eigenvalue weighted by atomic mass is 35.5. The van der Waals surface area contributed by atoms with Gasteiger partial charge in [-0.1, -0.05) is 29.8 Å². The minimum atomic E-state index is -4.00. The minimum Gasteiger partial charge on any atom is -0.339 e. The molecular weight excluding hydrogens is 451 g/mol. The van der Waals surface area contributed by atoms with Gasteiger partial charge in [0.15, 0.2) is 0 Å². The Bertz CT molecular complexity index is 1450. The third-order valence-corrected chi connectivity index (χ3v) is 7.59. The SMILES string of the molecule is O=S(=O)(c1ccc(Cl)cc1F)N1CCc2c(ccnc2Nc2cnc3ccccc3c2)C1. The lowest BCUT2D eigenvalue weighted by molar-refractivity contribution is 0.388. The van der Waals surface area contributed by atoms with E-state index in [2.05, 4.69) is 15.3 Å². The van der Waals surface area contributed by atoms with E-state index < -0.39 is 15.8 Å². The van der Waals surface area contributed by atoms with Crippen molar-refractivity contribution in [2.24, 2.45) is 0 Å². The zero-order valence-electron chi connectivity index (χ0n) is 16.8. The van der Waals surface area contributed by atoms with E-state index in [9.17, 15) is 12.8 Å². The average Bonchev–Trinajstić information content (AvgIpc) is 2.78. The molecule has 5 rings (SSSR count). The number of nitrogens with zero attached hydrogens (tertiary/aromatic N) is 3. The summed E-state index contributed by atoms with van der Waals surface area (Å²) in [5.74, 6) is -0.196. The van der Waals surface area contributed by atoms with Gasteiger partial charge in [0.25, 0.3) is 0 Å². The Balaban J connectivity index is 1.43. The first kappa shape index (κ1) is 20.8. The number of hydrogen-bond donors (Lipinski definition) is 1. The summed E-state index contributed by atoms with van der Waals surface area (Å²) in [5, 5.41) is 4.46. The van der Waals surface area contributed by atoms with Crippen LogP contribution in [-0.2, 0) is 23.0 Å². The van der Waals surface area contributed by atoms with Crippen molar-refractivity contribution < 1.29 is 12.8 Å². The van der Waals surface area contributed by atoms with Crippen LogP contribution in [0.25, 0.3) is 10.9 Å². The molecule has 2 aromatic heterocycles. The highest BCUT2D eigenvalue weighted by molar-refractivity contribution is 7.89. The molecule has 2 aromatic carbocycles. The summed E-state index contributed by atoms with van der Waals surface area (Å²) in [6, 6.07) is 15.2. The molecule has 162 valence electrons. The molecule has 9 heteroatoms. The molecule has 32 heavy (non-hydrogen) atoms. The number of hydrogen-bond acceptors (Lipinski definition) is 5. The van der Waals surface area contributed by atoms with Gasteiger partial charge in [0.1, 0.15) is 16.5 Å². The van der Waals surface area contributed by atoms with Crippen LogP contribution in [0.1, 0.15) is 11.1 Å². The molecular formula is C23H18ClFN4O2S. The summed E-state index contributed by atoms with van der Waals surface area (Å²) < 4.78 is 41.6. The highest BCUT2D eigenvalue weighted by Gasteiger charge is 2.31. The average molecular weight is 469 g/mol. The topological polar surface area (TPSA) is 75.2 Å². The van der Waals surface area contributed by atoms with Crippen molar-refractivity contribution in [3.63, 3.8) is 0 Å². The molecule has 1 aliphatic heterocycles. The van der Waals surface area contributed by atoms with Crippen molar-refractivity contribution >= 4 is 44.0 Å². The van der Waals surface area contributed by atoms with Gasteiger partial charge >= 0.3 is 0 Å². The first-order valence-corrected chi connectivity index (χ1v) is 11.8. The second-order valence-electron chi connectivity index (χ2n) is 7.50. The molecule has 0 unspecified atom stereocenters. The van der Waals surface area contributed by atoms with Crippen molar-refractivity contribution in [3.8, 4) is 0 Å². The third-order valence-electron chi connectivity index (χ3n) is 5.48. The number of anilines is 2. The van der Waals surface area contributed by atoms with Gasteiger partial charge in [0, 0.05) is 35.3 Å². The summed E-state index contributed by atoms with van der Waals surface area (Å²) >= 11 is 5.77. The minimum absolute atomic E-state index is 0.132. The fraction of sp³-hybridized carbons (Fsp3) is 0.130. The Morgan fingerprint density at radius 1 is 1.06 bits per heavy atom. The van der Waals surface area contributed by atoms with Gasteiger partial charge in [-0.15, -0.1) is 0 Å². The van der Waals surface area contributed by atoms with Crippen molar-refractivity contribution in [2.75, 3.05) is 11.9 Å². The molecule has 4 aromatic rings. The van der Waals surface area contributed by atoms with Crippen LogP contribution in [0.2, 0.25) is 5.02 Å². The number of benzene rings is 2. The van der Waals surface area contributed by atoms with Crippen LogP contribution in [0, 0.1) is 5.82 Å². The molecule has 0 radical (unpaired) electrons. The molecule has 0 fully saturated rings. The molecule has 0 saturated heterocycles. The van der Waals surface area contributed by atoms with Crippen LogP contribution in [0.4, 0.5) is 15.9 Å². The fourth-order valence-electron chi connectivity index (χ4n) is 3.88. The van der Waals surface area contributed by atoms with Gasteiger partial charge in [-0.25, -0.2) is 17.8 Å². The standard InChI is InChI=1S/C23H18ClFN4O2S/c24-17-5-6-22(20(25)12-17)32(30,31)29-10-8-19-16(14-29)7-9-26-23(19)28-18-11-15-3-1-2-4-21(15)27-13-18/h1-7,9,11-13H,8,10,14H2,(H,26,28). The summed E-state index contributed by atoms with van der Waals surface area (Å²) in [7, 11) is -4.00. The number of pyridine rings is 2. The maximum atomic E-state index is 14.3. The highest BCUT2D eigenvalue weighted by Crippen LogP contribution is 2.31. The molecule has 3 heterocycles. The first-order chi connectivity index (χ1) is 15.4. The normalized spacial score (nSPS) is 14.3. The van der Waals surface area contributed by atoms with Crippen LogP contribution >= 0.6 is 11.6 Å². The van der Waals surface area contributed by atoms with Crippen molar-refractivity contribution in [3.05, 3.63) is 89.0 Å². The monoisotopic (exact) mass is 468 g/mol. The molecule has 1 N–H and O–H groups in total. The van der Waals surface area contributed by atoms with E-state index in [1.54, 1.807) is 18.5 Å². The summed E-state index contributed by atoms with van der Waals surface area (Å²) in [6.07, 6.45) is 3.82. The largest absolute Gasteiger partial charge is 0.339 e. The summed E-state index contributed by atoms with van der Waals surface area (Å²) in [4.78, 5) is 8.54. The second kappa shape index (κ2) is 8.12. The molecule has 0 aliphatic carbocycles. The maximum Gasteiger partial charge on any atom is 0.246 e. The van der Waals surface area contributed by atoms with Gasteiger partial charge in [0.2, 0.25) is 10.0 Å². The zero-order chi connectivity index (χ0) is 22.3. The molecule has 0 saturated carbocycles. The van der Waals surface area contributed by atoms with E-state index in [0.29, 0.717) is 12.2 Å². The van der Waals surface area contributed by atoms with Gasteiger partial charge < -0.3 is 5.32 Å². The Morgan fingerprint density at radius 3 is 2.75 bits per heavy atom. The second-order valence-corrected chi connectivity index (χ2v) is 9.85. The van der Waals surface area contributed by atoms with Crippen LogP contribution in [0.15, 0.2) is 71.9 Å².